The van der Waals surface area contributed by atoms with Crippen LogP contribution in [0.3, 0.4) is 0 Å². The van der Waals surface area contributed by atoms with Gasteiger partial charge in [-0.3, -0.25) is 9.59 Å². The van der Waals surface area contributed by atoms with Gasteiger partial charge in [0.05, 0.1) is 5.54 Å². The maximum atomic E-state index is 12.9. The van der Waals surface area contributed by atoms with E-state index >= 15 is 0 Å². The van der Waals surface area contributed by atoms with Crippen LogP contribution in [0.15, 0.2) is 0 Å². The molecule has 4 rings (SSSR count). The number of amides is 2. The highest BCUT2D eigenvalue weighted by molar-refractivity contribution is 5.84. The van der Waals surface area contributed by atoms with E-state index in [4.69, 9.17) is 0 Å². The normalized spacial score (nSPS) is 38.5. The van der Waals surface area contributed by atoms with E-state index in [1.165, 1.54) is 19.3 Å². The third kappa shape index (κ3) is 2.68. The second-order valence-corrected chi connectivity index (χ2v) is 8.67. The predicted octanol–water partition coefficient (Wildman–Crippen LogP) is 2.67. The number of hydrogen-bond acceptors (Lipinski definition) is 2. The van der Waals surface area contributed by atoms with Gasteiger partial charge < -0.3 is 9.80 Å². The van der Waals surface area contributed by atoms with E-state index in [-0.39, 0.29) is 17.4 Å². The minimum absolute atomic E-state index is 0.0519. The number of carbonyl (C=O) groups excluding carboxylic acids is 2. The molecule has 4 heteroatoms. The molecular weight excluding hydrogens is 288 g/mol. The Morgan fingerprint density at radius 1 is 0.870 bits per heavy atom. The van der Waals surface area contributed by atoms with Crippen molar-refractivity contribution in [3.05, 3.63) is 0 Å². The Kier molecular flexibility index (Phi) is 3.69. The molecule has 1 aliphatic heterocycles. The number of nitrogens with zero attached hydrogens (tertiary/aromatic N) is 2. The molecule has 0 unspecified atom stereocenters. The Hall–Kier alpha value is -1.06. The molecule has 4 nitrogen and oxygen atoms in total. The van der Waals surface area contributed by atoms with Crippen LogP contribution in [-0.2, 0) is 9.59 Å². The molecule has 2 amide bonds. The summed E-state index contributed by atoms with van der Waals surface area (Å²) in [4.78, 5) is 29.9. The summed E-state index contributed by atoms with van der Waals surface area (Å²) in [6.07, 6.45) is 7.97. The summed E-state index contributed by atoms with van der Waals surface area (Å²) < 4.78 is 0. The molecule has 0 N–H and O–H groups in total. The summed E-state index contributed by atoms with van der Waals surface area (Å²) in [6, 6.07) is 0. The summed E-state index contributed by atoms with van der Waals surface area (Å²) in [5.41, 5.74) is -0.0519. The zero-order chi connectivity index (χ0) is 16.2. The van der Waals surface area contributed by atoms with Crippen molar-refractivity contribution in [3.63, 3.8) is 0 Å². The van der Waals surface area contributed by atoms with Gasteiger partial charge in [-0.2, -0.15) is 0 Å². The number of piperazine rings is 1. The topological polar surface area (TPSA) is 40.6 Å². The van der Waals surface area contributed by atoms with Crippen molar-refractivity contribution in [3.8, 4) is 0 Å². The maximum absolute atomic E-state index is 12.9. The van der Waals surface area contributed by atoms with Gasteiger partial charge >= 0.3 is 0 Å². The van der Waals surface area contributed by atoms with Crippen molar-refractivity contribution in [2.45, 2.75) is 64.3 Å². The third-order valence-electron chi connectivity index (χ3n) is 6.87. The molecule has 3 aliphatic carbocycles. The molecule has 1 saturated heterocycles. The van der Waals surface area contributed by atoms with Gasteiger partial charge in [0.25, 0.3) is 0 Å². The van der Waals surface area contributed by atoms with Crippen LogP contribution in [0.4, 0.5) is 0 Å². The van der Waals surface area contributed by atoms with Gasteiger partial charge in [0, 0.05) is 31.5 Å². The minimum atomic E-state index is -0.0519. The summed E-state index contributed by atoms with van der Waals surface area (Å²) in [7, 11) is 0. The van der Waals surface area contributed by atoms with Gasteiger partial charge in [0.1, 0.15) is 0 Å². The van der Waals surface area contributed by atoms with Gasteiger partial charge in [-0.05, 0) is 37.5 Å². The van der Waals surface area contributed by atoms with Crippen LogP contribution in [0.1, 0.15) is 58.8 Å². The smallest absolute Gasteiger partial charge is 0.226 e. The molecule has 128 valence electrons. The largest absolute Gasteiger partial charge is 0.338 e. The van der Waals surface area contributed by atoms with Crippen LogP contribution >= 0.6 is 0 Å². The first-order valence-corrected chi connectivity index (χ1v) is 9.62. The lowest BCUT2D eigenvalue weighted by molar-refractivity contribution is -0.153. The van der Waals surface area contributed by atoms with E-state index in [1.54, 1.807) is 0 Å². The molecule has 0 aromatic carbocycles. The van der Waals surface area contributed by atoms with Crippen molar-refractivity contribution in [2.75, 3.05) is 19.6 Å². The molecular formula is C19H30N2O2. The molecule has 4 fully saturated rings. The van der Waals surface area contributed by atoms with Gasteiger partial charge in [-0.15, -0.1) is 0 Å². The molecule has 4 aliphatic rings. The average Bonchev–Trinajstić information content (AvgIpc) is 3.45. The Balaban J connectivity index is 1.52. The summed E-state index contributed by atoms with van der Waals surface area (Å²) >= 11 is 0. The van der Waals surface area contributed by atoms with E-state index < -0.39 is 0 Å². The summed E-state index contributed by atoms with van der Waals surface area (Å²) in [5.74, 6) is 2.40. The summed E-state index contributed by atoms with van der Waals surface area (Å²) in [5, 5.41) is 0. The van der Waals surface area contributed by atoms with Gasteiger partial charge in [0.2, 0.25) is 11.8 Å². The lowest BCUT2D eigenvalue weighted by atomic mass is 9.78. The van der Waals surface area contributed by atoms with Crippen LogP contribution < -0.4 is 0 Å². The first-order chi connectivity index (χ1) is 11.0. The van der Waals surface area contributed by atoms with Crippen molar-refractivity contribution in [2.24, 2.45) is 23.7 Å². The van der Waals surface area contributed by atoms with E-state index in [1.807, 2.05) is 0 Å². The van der Waals surface area contributed by atoms with Gasteiger partial charge in [-0.25, -0.2) is 0 Å². The first kappa shape index (κ1) is 15.5. The van der Waals surface area contributed by atoms with Crippen LogP contribution in [0.25, 0.3) is 0 Å². The van der Waals surface area contributed by atoms with Crippen molar-refractivity contribution in [1.29, 1.82) is 0 Å². The van der Waals surface area contributed by atoms with Gasteiger partial charge in [-0.1, -0.05) is 33.1 Å². The van der Waals surface area contributed by atoms with Crippen molar-refractivity contribution >= 4 is 11.8 Å². The van der Waals surface area contributed by atoms with Crippen LogP contribution in [-0.4, -0.2) is 46.8 Å². The molecule has 0 radical (unpaired) electrons. The highest BCUT2D eigenvalue weighted by Crippen LogP contribution is 2.45. The maximum Gasteiger partial charge on any atom is 0.226 e. The molecule has 1 spiro atoms. The fourth-order valence-corrected chi connectivity index (χ4v) is 4.91. The second kappa shape index (κ2) is 5.49. The molecule has 0 aromatic rings. The van der Waals surface area contributed by atoms with E-state index in [9.17, 15) is 9.59 Å². The lowest BCUT2D eigenvalue weighted by Crippen LogP contribution is -2.66. The average molecular weight is 318 g/mol. The highest BCUT2D eigenvalue weighted by Gasteiger charge is 2.52. The van der Waals surface area contributed by atoms with Gasteiger partial charge in [0.15, 0.2) is 0 Å². The highest BCUT2D eigenvalue weighted by atomic mass is 16.2. The molecule has 23 heavy (non-hydrogen) atoms. The first-order valence-electron chi connectivity index (χ1n) is 9.62. The number of rotatable bonds is 2. The van der Waals surface area contributed by atoms with Crippen molar-refractivity contribution in [1.82, 2.24) is 9.80 Å². The zero-order valence-corrected chi connectivity index (χ0v) is 14.6. The zero-order valence-electron chi connectivity index (χ0n) is 14.6. The molecule has 1 heterocycles. The minimum Gasteiger partial charge on any atom is -0.338 e. The Morgan fingerprint density at radius 3 is 2.00 bits per heavy atom. The molecule has 3 saturated carbocycles. The van der Waals surface area contributed by atoms with E-state index in [0.29, 0.717) is 23.7 Å². The van der Waals surface area contributed by atoms with Crippen LogP contribution in [0, 0.1) is 23.7 Å². The third-order valence-corrected chi connectivity index (χ3v) is 6.87. The Labute approximate surface area is 139 Å². The monoisotopic (exact) mass is 318 g/mol. The van der Waals surface area contributed by atoms with Crippen LogP contribution in [0.2, 0.25) is 0 Å². The molecule has 0 bridgehead atoms. The Bertz CT molecular complexity index is 511. The quantitative estimate of drug-likeness (QED) is 0.785. The lowest BCUT2D eigenvalue weighted by Gasteiger charge is -2.53. The fourth-order valence-electron chi connectivity index (χ4n) is 4.91. The van der Waals surface area contributed by atoms with Crippen molar-refractivity contribution < 1.29 is 9.59 Å². The Morgan fingerprint density at radius 2 is 1.43 bits per heavy atom. The SMILES string of the molecule is C[C@@H]1C[C@@H]1C(=O)N1CCN(C(=O)[C@H]2C[C@H]2C)C2(CCCCC2)C1. The number of carbonyl (C=O) groups is 2. The molecule has 0 aromatic heterocycles. The van der Waals surface area contributed by atoms with Crippen LogP contribution in [0.5, 0.6) is 0 Å². The van der Waals surface area contributed by atoms with E-state index in [0.717, 1.165) is 45.3 Å². The standard InChI is InChI=1S/C19H30N2O2/c1-13-10-15(13)17(22)20-8-9-21(18(23)16-11-14(16)2)19(12-20)6-4-3-5-7-19/h13-16H,3-12H2,1-2H3/t13-,14-,15+,16+/m1/s1. The second-order valence-electron chi connectivity index (χ2n) is 8.67. The summed E-state index contributed by atoms with van der Waals surface area (Å²) in [6.45, 7) is 6.66. The fraction of sp³-hybridized carbons (Fsp3) is 0.895. The predicted molar refractivity (Wildman–Crippen MR) is 88.7 cm³/mol. The number of hydrogen-bond donors (Lipinski definition) is 0. The molecule has 4 atom stereocenters. The van der Waals surface area contributed by atoms with E-state index in [2.05, 4.69) is 23.6 Å².